The first-order valence-electron chi connectivity index (χ1n) is 6.16. The van der Waals surface area contributed by atoms with Crippen LogP contribution in [0.2, 0.25) is 0 Å². The molecule has 0 aliphatic rings. The summed E-state index contributed by atoms with van der Waals surface area (Å²) in [7, 11) is 1.62. The third-order valence-corrected chi connectivity index (χ3v) is 2.39. The smallest absolute Gasteiger partial charge is 0.311 e. The van der Waals surface area contributed by atoms with E-state index in [0.717, 1.165) is 19.3 Å². The Kier molecular flexibility index (Phi) is 8.26. The maximum atomic E-state index is 11.7. The third-order valence-electron chi connectivity index (χ3n) is 2.39. The topological polar surface area (TPSA) is 35.5 Å². The summed E-state index contributed by atoms with van der Waals surface area (Å²) in [6, 6.07) is 0. The van der Waals surface area contributed by atoms with E-state index in [-0.39, 0.29) is 18.0 Å². The second-order valence-electron chi connectivity index (χ2n) is 4.96. The Morgan fingerprint density at radius 3 is 2.19 bits per heavy atom. The highest BCUT2D eigenvalue weighted by Gasteiger charge is 2.20. The number of carbonyl (C=O) groups is 1. The lowest BCUT2D eigenvalue weighted by Crippen LogP contribution is -2.25. The Balaban J connectivity index is 3.99. The molecule has 0 fully saturated rings. The predicted octanol–water partition coefficient (Wildman–Crippen LogP) is 3.03. The van der Waals surface area contributed by atoms with Crippen LogP contribution in [0.3, 0.4) is 0 Å². The van der Waals surface area contributed by atoms with Gasteiger partial charge in [0.15, 0.2) is 0 Å². The van der Waals surface area contributed by atoms with Crippen LogP contribution in [0.25, 0.3) is 0 Å². The van der Waals surface area contributed by atoms with Crippen molar-refractivity contribution in [2.24, 2.45) is 11.8 Å². The van der Waals surface area contributed by atoms with Crippen molar-refractivity contribution >= 4 is 5.97 Å². The van der Waals surface area contributed by atoms with Crippen LogP contribution in [0, 0.1) is 11.8 Å². The third kappa shape index (κ3) is 7.69. The SMILES string of the molecule is COCC(CCCC(C)C)C(=O)OC(C)C. The fourth-order valence-corrected chi connectivity index (χ4v) is 1.57. The van der Waals surface area contributed by atoms with Gasteiger partial charge in [0, 0.05) is 7.11 Å². The number of ether oxygens (including phenoxy) is 2. The summed E-state index contributed by atoms with van der Waals surface area (Å²) in [5, 5.41) is 0. The zero-order valence-corrected chi connectivity index (χ0v) is 11.3. The van der Waals surface area contributed by atoms with Crippen LogP contribution >= 0.6 is 0 Å². The molecular weight excluding hydrogens is 204 g/mol. The Morgan fingerprint density at radius 2 is 1.75 bits per heavy atom. The second-order valence-corrected chi connectivity index (χ2v) is 4.96. The van der Waals surface area contributed by atoms with Crippen molar-refractivity contribution in [2.75, 3.05) is 13.7 Å². The van der Waals surface area contributed by atoms with Crippen molar-refractivity contribution in [3.63, 3.8) is 0 Å². The summed E-state index contributed by atoms with van der Waals surface area (Å²) in [6.45, 7) is 8.59. The Labute approximate surface area is 99.5 Å². The molecule has 3 heteroatoms. The van der Waals surface area contributed by atoms with Crippen molar-refractivity contribution < 1.29 is 14.3 Å². The molecule has 0 radical (unpaired) electrons. The summed E-state index contributed by atoms with van der Waals surface area (Å²) in [6.07, 6.45) is 3.02. The summed E-state index contributed by atoms with van der Waals surface area (Å²) in [5.74, 6) is 0.455. The first-order chi connectivity index (χ1) is 7.47. The fraction of sp³-hybridized carbons (Fsp3) is 0.923. The zero-order valence-electron chi connectivity index (χ0n) is 11.3. The molecule has 96 valence electrons. The van der Waals surface area contributed by atoms with Gasteiger partial charge in [-0.3, -0.25) is 4.79 Å². The van der Waals surface area contributed by atoms with E-state index in [0.29, 0.717) is 12.5 Å². The molecule has 0 aliphatic carbocycles. The zero-order chi connectivity index (χ0) is 12.6. The van der Waals surface area contributed by atoms with Gasteiger partial charge in [-0.25, -0.2) is 0 Å². The Bertz CT molecular complexity index is 188. The highest BCUT2D eigenvalue weighted by molar-refractivity contribution is 5.72. The van der Waals surface area contributed by atoms with E-state index in [1.54, 1.807) is 7.11 Å². The van der Waals surface area contributed by atoms with Crippen LogP contribution in [-0.4, -0.2) is 25.8 Å². The van der Waals surface area contributed by atoms with Gasteiger partial charge in [-0.05, 0) is 26.2 Å². The average molecular weight is 230 g/mol. The highest BCUT2D eigenvalue weighted by Crippen LogP contribution is 2.15. The molecule has 0 aromatic carbocycles. The van der Waals surface area contributed by atoms with E-state index in [1.807, 2.05) is 13.8 Å². The van der Waals surface area contributed by atoms with E-state index in [4.69, 9.17) is 9.47 Å². The number of rotatable bonds is 8. The summed E-state index contributed by atoms with van der Waals surface area (Å²) < 4.78 is 10.3. The van der Waals surface area contributed by atoms with E-state index in [2.05, 4.69) is 13.8 Å². The van der Waals surface area contributed by atoms with Crippen LogP contribution in [0.4, 0.5) is 0 Å². The number of carbonyl (C=O) groups excluding carboxylic acids is 1. The summed E-state index contributed by atoms with van der Waals surface area (Å²) >= 11 is 0. The Morgan fingerprint density at radius 1 is 1.12 bits per heavy atom. The molecule has 0 aromatic rings. The highest BCUT2D eigenvalue weighted by atomic mass is 16.5. The number of hydrogen-bond donors (Lipinski definition) is 0. The van der Waals surface area contributed by atoms with Gasteiger partial charge < -0.3 is 9.47 Å². The van der Waals surface area contributed by atoms with Crippen molar-refractivity contribution in [3.8, 4) is 0 Å². The minimum Gasteiger partial charge on any atom is -0.463 e. The Hall–Kier alpha value is -0.570. The molecule has 0 spiro atoms. The van der Waals surface area contributed by atoms with Gasteiger partial charge in [0.2, 0.25) is 0 Å². The summed E-state index contributed by atoms with van der Waals surface area (Å²) in [5.41, 5.74) is 0. The fourth-order valence-electron chi connectivity index (χ4n) is 1.57. The van der Waals surface area contributed by atoms with Gasteiger partial charge in [-0.1, -0.05) is 26.7 Å². The van der Waals surface area contributed by atoms with Crippen LogP contribution in [0.15, 0.2) is 0 Å². The molecule has 0 rings (SSSR count). The molecule has 1 atom stereocenters. The molecule has 0 bridgehead atoms. The molecule has 0 N–H and O–H groups in total. The molecule has 16 heavy (non-hydrogen) atoms. The first-order valence-corrected chi connectivity index (χ1v) is 6.16. The lowest BCUT2D eigenvalue weighted by molar-refractivity contribution is -0.154. The van der Waals surface area contributed by atoms with E-state index < -0.39 is 0 Å². The normalized spacial score (nSPS) is 13.2. The predicted molar refractivity (Wildman–Crippen MR) is 65.3 cm³/mol. The van der Waals surface area contributed by atoms with Crippen LogP contribution < -0.4 is 0 Å². The number of methoxy groups -OCH3 is 1. The van der Waals surface area contributed by atoms with Crippen molar-refractivity contribution in [1.29, 1.82) is 0 Å². The van der Waals surface area contributed by atoms with Crippen molar-refractivity contribution in [2.45, 2.75) is 53.1 Å². The van der Waals surface area contributed by atoms with Gasteiger partial charge >= 0.3 is 5.97 Å². The first kappa shape index (κ1) is 15.4. The van der Waals surface area contributed by atoms with Crippen LogP contribution in [0.5, 0.6) is 0 Å². The molecule has 0 aromatic heterocycles. The van der Waals surface area contributed by atoms with Crippen LogP contribution in [-0.2, 0) is 14.3 Å². The van der Waals surface area contributed by atoms with Gasteiger partial charge in [0.25, 0.3) is 0 Å². The maximum Gasteiger partial charge on any atom is 0.311 e. The van der Waals surface area contributed by atoms with Gasteiger partial charge in [0.1, 0.15) is 0 Å². The van der Waals surface area contributed by atoms with Gasteiger partial charge in [0.05, 0.1) is 18.6 Å². The van der Waals surface area contributed by atoms with E-state index in [1.165, 1.54) is 0 Å². The number of esters is 1. The summed E-state index contributed by atoms with van der Waals surface area (Å²) in [4.78, 5) is 11.7. The lowest BCUT2D eigenvalue weighted by atomic mass is 9.99. The van der Waals surface area contributed by atoms with E-state index >= 15 is 0 Å². The van der Waals surface area contributed by atoms with Gasteiger partial charge in [-0.2, -0.15) is 0 Å². The molecule has 3 nitrogen and oxygen atoms in total. The average Bonchev–Trinajstić information content (AvgIpc) is 2.14. The molecule has 0 saturated carbocycles. The molecule has 0 heterocycles. The number of hydrogen-bond acceptors (Lipinski definition) is 3. The lowest BCUT2D eigenvalue weighted by Gasteiger charge is -2.17. The molecule has 1 unspecified atom stereocenters. The maximum absolute atomic E-state index is 11.7. The largest absolute Gasteiger partial charge is 0.463 e. The molecule has 0 saturated heterocycles. The standard InChI is InChI=1S/C13H26O3/c1-10(2)7-6-8-12(9-15-5)13(14)16-11(3)4/h10-12H,6-9H2,1-5H3. The molecule has 0 amide bonds. The molecular formula is C13H26O3. The minimum atomic E-state index is -0.124. The second kappa shape index (κ2) is 8.57. The molecule has 0 aliphatic heterocycles. The van der Waals surface area contributed by atoms with Gasteiger partial charge in [-0.15, -0.1) is 0 Å². The van der Waals surface area contributed by atoms with Crippen molar-refractivity contribution in [1.82, 2.24) is 0 Å². The van der Waals surface area contributed by atoms with E-state index in [9.17, 15) is 4.79 Å². The quantitative estimate of drug-likeness (QED) is 0.601. The van der Waals surface area contributed by atoms with Crippen LogP contribution in [0.1, 0.15) is 47.0 Å². The minimum absolute atomic E-state index is 0.0445. The van der Waals surface area contributed by atoms with Crippen molar-refractivity contribution in [3.05, 3.63) is 0 Å². The monoisotopic (exact) mass is 230 g/mol.